The largest absolute Gasteiger partial charge is 0.380 e. The molecular formula is C16H17ClN2O2. The van der Waals surface area contributed by atoms with E-state index in [0.29, 0.717) is 17.3 Å². The molecule has 0 aliphatic carbocycles. The summed E-state index contributed by atoms with van der Waals surface area (Å²) >= 11 is 6.08. The topological polar surface area (TPSA) is 55.2 Å². The zero-order valence-electron chi connectivity index (χ0n) is 12.2. The third kappa shape index (κ3) is 3.52. The second kappa shape index (κ2) is 6.14. The van der Waals surface area contributed by atoms with Crippen molar-refractivity contribution in [3.05, 3.63) is 67.7 Å². The first-order valence-electron chi connectivity index (χ1n) is 6.63. The molecule has 0 saturated heterocycles. The molecule has 0 aromatic heterocycles. The minimum atomic E-state index is -0.454. The van der Waals surface area contributed by atoms with Crippen LogP contribution < -0.4 is 5.32 Å². The highest BCUT2D eigenvalue weighted by atomic mass is 35.5. The first-order chi connectivity index (χ1) is 9.88. The summed E-state index contributed by atoms with van der Waals surface area (Å²) in [6.07, 6.45) is 0. The van der Waals surface area contributed by atoms with Crippen molar-refractivity contribution >= 4 is 23.0 Å². The van der Waals surface area contributed by atoms with Gasteiger partial charge in [-0.2, -0.15) is 0 Å². The number of halogens is 1. The van der Waals surface area contributed by atoms with Crippen LogP contribution in [0.5, 0.6) is 0 Å². The summed E-state index contributed by atoms with van der Waals surface area (Å²) in [5.74, 6) is 0. The lowest BCUT2D eigenvalue weighted by atomic mass is 10.00. The number of hydrogen-bond donors (Lipinski definition) is 1. The Morgan fingerprint density at radius 1 is 1.14 bits per heavy atom. The molecule has 5 heteroatoms. The highest BCUT2D eigenvalue weighted by Crippen LogP contribution is 2.27. The Bertz CT molecular complexity index is 676. The molecule has 0 fully saturated rings. The Hall–Kier alpha value is -2.07. The summed E-state index contributed by atoms with van der Waals surface area (Å²) < 4.78 is 0. The summed E-state index contributed by atoms with van der Waals surface area (Å²) in [6.45, 7) is 6.86. The van der Waals surface area contributed by atoms with Crippen molar-refractivity contribution in [2.45, 2.75) is 27.3 Å². The Morgan fingerprint density at radius 2 is 1.76 bits per heavy atom. The van der Waals surface area contributed by atoms with Crippen LogP contribution in [-0.4, -0.2) is 4.92 Å². The van der Waals surface area contributed by atoms with Gasteiger partial charge in [-0.25, -0.2) is 0 Å². The standard InChI is InChI=1S/C16H17ClN2O2/c1-10-6-11(2)14(12(3)7-10)9-18-16-5-4-13(19(20)21)8-15(16)17/h4-8,18H,9H2,1-3H3. The third-order valence-corrected chi connectivity index (χ3v) is 3.77. The molecule has 2 aromatic carbocycles. The second-order valence-electron chi connectivity index (χ2n) is 5.15. The zero-order valence-corrected chi connectivity index (χ0v) is 13.0. The van der Waals surface area contributed by atoms with Gasteiger partial charge >= 0.3 is 0 Å². The fourth-order valence-electron chi connectivity index (χ4n) is 2.43. The van der Waals surface area contributed by atoms with Crippen LogP contribution in [0, 0.1) is 30.9 Å². The van der Waals surface area contributed by atoms with Gasteiger partial charge in [-0.05, 0) is 43.5 Å². The molecule has 21 heavy (non-hydrogen) atoms. The van der Waals surface area contributed by atoms with Gasteiger partial charge in [0.1, 0.15) is 0 Å². The fourth-order valence-corrected chi connectivity index (χ4v) is 2.67. The molecule has 4 nitrogen and oxygen atoms in total. The van der Waals surface area contributed by atoms with Gasteiger partial charge in [-0.3, -0.25) is 10.1 Å². The SMILES string of the molecule is Cc1cc(C)c(CNc2ccc([N+](=O)[O-])cc2Cl)c(C)c1. The van der Waals surface area contributed by atoms with Gasteiger partial charge in [0, 0.05) is 18.7 Å². The predicted molar refractivity (Wildman–Crippen MR) is 86.1 cm³/mol. The minimum Gasteiger partial charge on any atom is -0.380 e. The Kier molecular flexibility index (Phi) is 4.48. The van der Waals surface area contributed by atoms with Crippen LogP contribution in [0.25, 0.3) is 0 Å². The van der Waals surface area contributed by atoms with Crippen molar-refractivity contribution < 1.29 is 4.92 Å². The monoisotopic (exact) mass is 304 g/mol. The summed E-state index contributed by atoms with van der Waals surface area (Å²) in [4.78, 5) is 10.2. The van der Waals surface area contributed by atoms with E-state index in [1.807, 2.05) is 0 Å². The first kappa shape index (κ1) is 15.3. The van der Waals surface area contributed by atoms with Crippen molar-refractivity contribution in [2.75, 3.05) is 5.32 Å². The van der Waals surface area contributed by atoms with Crippen LogP contribution in [0.2, 0.25) is 5.02 Å². The van der Waals surface area contributed by atoms with Gasteiger partial charge in [0.15, 0.2) is 0 Å². The molecule has 110 valence electrons. The summed E-state index contributed by atoms with van der Waals surface area (Å²) in [5.41, 5.74) is 5.59. The van der Waals surface area contributed by atoms with E-state index in [1.54, 1.807) is 6.07 Å². The van der Waals surface area contributed by atoms with E-state index in [0.717, 1.165) is 0 Å². The quantitative estimate of drug-likeness (QED) is 0.653. The molecular weight excluding hydrogens is 288 g/mol. The van der Waals surface area contributed by atoms with Crippen LogP contribution in [0.15, 0.2) is 30.3 Å². The number of nitrogens with one attached hydrogen (secondary N) is 1. The summed E-state index contributed by atoms with van der Waals surface area (Å²) in [7, 11) is 0. The lowest BCUT2D eigenvalue weighted by Crippen LogP contribution is -2.04. The van der Waals surface area contributed by atoms with Crippen molar-refractivity contribution in [1.82, 2.24) is 0 Å². The maximum Gasteiger partial charge on any atom is 0.271 e. The number of rotatable bonds is 4. The van der Waals surface area contributed by atoms with E-state index in [-0.39, 0.29) is 5.69 Å². The fraction of sp³-hybridized carbons (Fsp3) is 0.250. The molecule has 0 saturated carbocycles. The highest BCUT2D eigenvalue weighted by Gasteiger charge is 2.10. The van der Waals surface area contributed by atoms with Crippen molar-refractivity contribution in [2.24, 2.45) is 0 Å². The molecule has 2 aromatic rings. The van der Waals surface area contributed by atoms with Gasteiger partial charge in [-0.1, -0.05) is 29.3 Å². The van der Waals surface area contributed by atoms with E-state index in [1.165, 1.54) is 34.4 Å². The van der Waals surface area contributed by atoms with Gasteiger partial charge in [0.2, 0.25) is 0 Å². The molecule has 0 aliphatic rings. The molecule has 2 rings (SSSR count). The Morgan fingerprint density at radius 3 is 2.29 bits per heavy atom. The van der Waals surface area contributed by atoms with E-state index >= 15 is 0 Å². The number of non-ortho nitro benzene ring substituents is 1. The van der Waals surface area contributed by atoms with Crippen LogP contribution in [-0.2, 0) is 6.54 Å². The number of anilines is 1. The molecule has 0 unspecified atom stereocenters. The van der Waals surface area contributed by atoms with Crippen LogP contribution in [0.4, 0.5) is 11.4 Å². The minimum absolute atomic E-state index is 0.00625. The van der Waals surface area contributed by atoms with E-state index in [2.05, 4.69) is 38.2 Å². The molecule has 0 amide bonds. The van der Waals surface area contributed by atoms with E-state index < -0.39 is 4.92 Å². The van der Waals surface area contributed by atoms with Gasteiger partial charge in [0.05, 0.1) is 15.6 Å². The molecule has 0 atom stereocenters. The predicted octanol–water partition coefficient (Wildman–Crippen LogP) is 4.79. The zero-order chi connectivity index (χ0) is 15.6. The van der Waals surface area contributed by atoms with Crippen LogP contribution in [0.3, 0.4) is 0 Å². The highest BCUT2D eigenvalue weighted by molar-refractivity contribution is 6.33. The average Bonchev–Trinajstić information content (AvgIpc) is 2.38. The van der Waals surface area contributed by atoms with E-state index in [9.17, 15) is 10.1 Å². The van der Waals surface area contributed by atoms with Crippen LogP contribution in [0.1, 0.15) is 22.3 Å². The van der Waals surface area contributed by atoms with Crippen molar-refractivity contribution in [1.29, 1.82) is 0 Å². The number of nitro groups is 1. The lowest BCUT2D eigenvalue weighted by Gasteiger charge is -2.14. The number of aryl methyl sites for hydroxylation is 3. The molecule has 0 bridgehead atoms. The van der Waals surface area contributed by atoms with E-state index in [4.69, 9.17) is 11.6 Å². The Labute approximate surface area is 128 Å². The third-order valence-electron chi connectivity index (χ3n) is 3.46. The van der Waals surface area contributed by atoms with Crippen molar-refractivity contribution in [3.63, 3.8) is 0 Å². The molecule has 1 N–H and O–H groups in total. The number of hydrogen-bond acceptors (Lipinski definition) is 3. The normalized spacial score (nSPS) is 10.5. The Balaban J connectivity index is 2.19. The van der Waals surface area contributed by atoms with Gasteiger partial charge in [-0.15, -0.1) is 0 Å². The maximum absolute atomic E-state index is 10.7. The number of benzene rings is 2. The average molecular weight is 305 g/mol. The summed E-state index contributed by atoms with van der Waals surface area (Å²) in [6, 6.07) is 8.73. The number of nitrogens with zero attached hydrogens (tertiary/aromatic N) is 1. The van der Waals surface area contributed by atoms with Crippen molar-refractivity contribution in [3.8, 4) is 0 Å². The molecule has 0 aliphatic heterocycles. The molecule has 0 heterocycles. The molecule has 0 spiro atoms. The van der Waals surface area contributed by atoms with Crippen LogP contribution >= 0.6 is 11.6 Å². The number of nitro benzene ring substituents is 1. The maximum atomic E-state index is 10.7. The van der Waals surface area contributed by atoms with Gasteiger partial charge in [0.25, 0.3) is 5.69 Å². The van der Waals surface area contributed by atoms with Gasteiger partial charge < -0.3 is 5.32 Å². The first-order valence-corrected chi connectivity index (χ1v) is 7.01. The summed E-state index contributed by atoms with van der Waals surface area (Å²) in [5, 5.41) is 14.3. The molecule has 0 radical (unpaired) electrons. The second-order valence-corrected chi connectivity index (χ2v) is 5.56. The smallest absolute Gasteiger partial charge is 0.271 e. The lowest BCUT2D eigenvalue weighted by molar-refractivity contribution is -0.384.